The normalized spacial score (nSPS) is 23.4. The number of hydrogen-bond acceptors (Lipinski definition) is 8. The number of carbonyl (C=O) groups excluding carboxylic acids is 1. The molecule has 0 aliphatic carbocycles. The zero-order valence-electron chi connectivity index (χ0n) is 21.9. The molecule has 212 valence electrons. The van der Waals surface area contributed by atoms with Crippen LogP contribution in [0.3, 0.4) is 0 Å². The van der Waals surface area contributed by atoms with Gasteiger partial charge in [-0.3, -0.25) is 9.88 Å². The third kappa shape index (κ3) is 5.10. The van der Waals surface area contributed by atoms with Crippen LogP contribution in [0.15, 0.2) is 61.2 Å². The highest BCUT2D eigenvalue weighted by atomic mass is 19.1. The van der Waals surface area contributed by atoms with Gasteiger partial charge in [0.05, 0.1) is 18.0 Å². The first-order valence-corrected chi connectivity index (χ1v) is 13.2. The molecule has 2 aromatic carbocycles. The van der Waals surface area contributed by atoms with Crippen molar-refractivity contribution in [2.24, 2.45) is 0 Å². The Morgan fingerprint density at radius 1 is 1.02 bits per heavy atom. The number of benzene rings is 2. The topological polar surface area (TPSA) is 150 Å². The largest absolute Gasteiger partial charge is 0.478 e. The lowest BCUT2D eigenvalue weighted by Crippen LogP contribution is -2.29. The van der Waals surface area contributed by atoms with Crippen molar-refractivity contribution in [3.8, 4) is 0 Å². The van der Waals surface area contributed by atoms with Gasteiger partial charge in [-0.2, -0.15) is 0 Å². The van der Waals surface area contributed by atoms with E-state index in [-0.39, 0.29) is 29.8 Å². The maximum Gasteiger partial charge on any atom is 0.336 e. The highest BCUT2D eigenvalue weighted by Gasteiger charge is 2.53. The van der Waals surface area contributed by atoms with Crippen LogP contribution in [0.2, 0.25) is 0 Å². The van der Waals surface area contributed by atoms with Gasteiger partial charge in [0.1, 0.15) is 24.4 Å². The molecule has 2 aromatic heterocycles. The molecular weight excluding hydrogens is 535 g/mol. The number of hydrogen-bond donors (Lipinski definition) is 3. The zero-order valence-corrected chi connectivity index (χ0v) is 21.9. The lowest BCUT2D eigenvalue weighted by atomic mass is 9.98. The molecule has 3 N–H and O–H groups in total. The summed E-state index contributed by atoms with van der Waals surface area (Å²) in [6.45, 7) is 2.24. The monoisotopic (exact) mass is 562 g/mol. The average molecular weight is 563 g/mol. The summed E-state index contributed by atoms with van der Waals surface area (Å²) in [5.74, 6) is -1.56. The summed E-state index contributed by atoms with van der Waals surface area (Å²) in [6.07, 6.45) is 0.151. The van der Waals surface area contributed by atoms with Crippen molar-refractivity contribution in [1.82, 2.24) is 24.8 Å². The molecule has 2 fully saturated rings. The molecular formula is C28H27FN6O6. The maximum atomic E-state index is 14.7. The minimum Gasteiger partial charge on any atom is -0.478 e. The molecule has 4 aromatic rings. The van der Waals surface area contributed by atoms with Crippen molar-refractivity contribution in [3.63, 3.8) is 0 Å². The molecule has 0 saturated carbocycles. The van der Waals surface area contributed by atoms with E-state index in [4.69, 9.17) is 14.2 Å². The van der Waals surface area contributed by atoms with E-state index in [2.05, 4.69) is 25.6 Å². The Kier molecular flexibility index (Phi) is 7.30. The Morgan fingerprint density at radius 2 is 1.83 bits per heavy atom. The average Bonchev–Trinajstić information content (AvgIpc) is 3.67. The predicted octanol–water partition coefficient (Wildman–Crippen LogP) is 3.82. The minimum absolute atomic E-state index is 0.0914. The Labute approximate surface area is 233 Å². The minimum atomic E-state index is -1.20. The van der Waals surface area contributed by atoms with E-state index in [9.17, 15) is 19.1 Å². The van der Waals surface area contributed by atoms with Gasteiger partial charge in [0.15, 0.2) is 29.5 Å². The van der Waals surface area contributed by atoms with Crippen molar-refractivity contribution in [1.29, 1.82) is 0 Å². The number of nitrogens with one attached hydrogen (secondary N) is 2. The summed E-state index contributed by atoms with van der Waals surface area (Å²) in [5, 5.41) is 14.9. The fourth-order valence-electron chi connectivity index (χ4n) is 5.30. The van der Waals surface area contributed by atoms with Crippen LogP contribution in [0.4, 0.5) is 15.0 Å². The van der Waals surface area contributed by atoms with Crippen molar-refractivity contribution in [3.05, 3.63) is 83.7 Å². The number of anilines is 1. The number of rotatable bonds is 8. The molecule has 2 amide bonds. The van der Waals surface area contributed by atoms with E-state index in [1.165, 1.54) is 30.9 Å². The summed E-state index contributed by atoms with van der Waals surface area (Å²) < 4.78 is 35.5. The Balaban J connectivity index is 1.31. The second-order valence-electron chi connectivity index (χ2n) is 9.65. The molecule has 5 atom stereocenters. The zero-order chi connectivity index (χ0) is 28.5. The number of halogens is 1. The molecule has 0 bridgehead atoms. The first-order chi connectivity index (χ1) is 19.9. The molecule has 0 radical (unpaired) electrons. The van der Waals surface area contributed by atoms with Crippen LogP contribution in [0.1, 0.15) is 47.3 Å². The van der Waals surface area contributed by atoms with Gasteiger partial charge >= 0.3 is 12.0 Å². The third-order valence-electron chi connectivity index (χ3n) is 7.15. The van der Waals surface area contributed by atoms with Gasteiger partial charge in [-0.05, 0) is 31.9 Å². The van der Waals surface area contributed by atoms with Crippen LogP contribution in [0.25, 0.3) is 11.2 Å². The molecule has 0 spiro atoms. The molecule has 4 heterocycles. The fraction of sp³-hybridized carbons (Fsp3) is 0.321. The first kappa shape index (κ1) is 26.7. The molecule has 12 nitrogen and oxygen atoms in total. The van der Waals surface area contributed by atoms with Gasteiger partial charge in [-0.1, -0.05) is 36.4 Å². The fourth-order valence-corrected chi connectivity index (χ4v) is 5.30. The van der Waals surface area contributed by atoms with Crippen molar-refractivity contribution >= 4 is 29.0 Å². The second kappa shape index (κ2) is 11.2. The smallest absolute Gasteiger partial charge is 0.336 e. The Bertz CT molecular complexity index is 1580. The molecule has 2 aliphatic heterocycles. The van der Waals surface area contributed by atoms with Crippen molar-refractivity contribution in [2.75, 3.05) is 11.9 Å². The number of imidazole rings is 1. The van der Waals surface area contributed by atoms with E-state index in [1.54, 1.807) is 11.5 Å². The van der Waals surface area contributed by atoms with Gasteiger partial charge in [-0.25, -0.2) is 28.9 Å². The van der Waals surface area contributed by atoms with Gasteiger partial charge in [0, 0.05) is 17.7 Å². The number of urea groups is 1. The van der Waals surface area contributed by atoms with Crippen molar-refractivity contribution < 1.29 is 33.3 Å². The van der Waals surface area contributed by atoms with Crippen molar-refractivity contribution in [2.45, 2.75) is 50.6 Å². The predicted molar refractivity (Wildman–Crippen MR) is 143 cm³/mol. The number of aromatic nitrogens is 4. The van der Waals surface area contributed by atoms with Gasteiger partial charge in [0.2, 0.25) is 0 Å². The van der Waals surface area contributed by atoms with E-state index in [0.29, 0.717) is 17.7 Å². The summed E-state index contributed by atoms with van der Waals surface area (Å²) in [5.41, 5.74) is 1.60. The Hall–Kier alpha value is -4.46. The molecule has 2 saturated heterocycles. The quantitative estimate of drug-likeness (QED) is 0.291. The number of carboxylic acids is 1. The summed E-state index contributed by atoms with van der Waals surface area (Å²) in [4.78, 5) is 36.8. The van der Waals surface area contributed by atoms with E-state index in [1.807, 2.05) is 30.3 Å². The number of ether oxygens (including phenoxy) is 3. The summed E-state index contributed by atoms with van der Waals surface area (Å²) in [6, 6.07) is 13.0. The molecule has 6 rings (SSSR count). The number of nitrogens with zero attached hydrogens (tertiary/aromatic N) is 4. The van der Waals surface area contributed by atoms with Gasteiger partial charge in [0.25, 0.3) is 0 Å². The highest BCUT2D eigenvalue weighted by molar-refractivity contribution is 5.95. The summed E-state index contributed by atoms with van der Waals surface area (Å²) >= 11 is 0. The number of aromatic carboxylic acids is 1. The second-order valence-corrected chi connectivity index (χ2v) is 9.65. The molecule has 13 heteroatoms. The number of fused-ring (bicyclic) bond motifs is 2. The number of carboxylic acid groups (broad SMARTS) is 1. The number of amides is 2. The lowest BCUT2D eigenvalue weighted by Gasteiger charge is -2.21. The van der Waals surface area contributed by atoms with E-state index >= 15 is 0 Å². The Morgan fingerprint density at radius 3 is 2.61 bits per heavy atom. The number of carbonyl (C=O) groups is 2. The highest BCUT2D eigenvalue weighted by Crippen LogP contribution is 2.46. The van der Waals surface area contributed by atoms with Crippen LogP contribution in [-0.4, -0.2) is 61.5 Å². The molecule has 5 unspecified atom stereocenters. The van der Waals surface area contributed by atoms with Crippen LogP contribution < -0.4 is 10.6 Å². The maximum absolute atomic E-state index is 14.7. The molecule has 41 heavy (non-hydrogen) atoms. The SMILES string of the molecule is CCNC(=O)Nc1ncnc2c1ncn2C1OC(CCc2c(F)cccc2C(=O)O)C2OC(c3ccccc3)OC21. The van der Waals surface area contributed by atoms with Crippen LogP contribution >= 0.6 is 0 Å². The van der Waals surface area contributed by atoms with Gasteiger partial charge < -0.3 is 24.6 Å². The van der Waals surface area contributed by atoms with E-state index in [0.717, 1.165) is 5.56 Å². The standard InChI is InChI=1S/C28H27FN6O6/c1-2-30-28(38)34-23-20-24(32-13-31-23)35(14-33-20)25-22-21(40-27(41-22)15-7-4-3-5-8-15)19(39-25)12-11-16-17(26(36)37)9-6-10-18(16)29/h3-10,13-14,19,21-22,25,27H,2,11-12H2,1H3,(H,36,37)(H2,30,31,32,34,38). The van der Waals surface area contributed by atoms with Crippen LogP contribution in [-0.2, 0) is 20.6 Å². The summed E-state index contributed by atoms with van der Waals surface area (Å²) in [7, 11) is 0. The van der Waals surface area contributed by atoms with Gasteiger partial charge in [-0.15, -0.1) is 0 Å². The van der Waals surface area contributed by atoms with E-state index < -0.39 is 48.6 Å². The lowest BCUT2D eigenvalue weighted by molar-refractivity contribution is -0.148. The third-order valence-corrected chi connectivity index (χ3v) is 7.15. The molecule has 2 aliphatic rings. The van der Waals surface area contributed by atoms with Crippen LogP contribution in [0, 0.1) is 5.82 Å². The first-order valence-electron chi connectivity index (χ1n) is 13.2. The van der Waals surface area contributed by atoms with Crippen LogP contribution in [0.5, 0.6) is 0 Å².